The van der Waals surface area contributed by atoms with Crippen molar-refractivity contribution in [1.82, 2.24) is 5.32 Å². The molecule has 1 N–H and O–H groups in total. The molecule has 0 heterocycles. The minimum Gasteiger partial charge on any atom is -0.497 e. The third-order valence-corrected chi connectivity index (χ3v) is 6.46. The quantitative estimate of drug-likeness (QED) is 0.868. The zero-order valence-electron chi connectivity index (χ0n) is 15.4. The molecule has 3 atom stereocenters. The SMILES string of the molecule is COc1ccc2c(c1)C1(C)CCCC(C2)C1NCCc1ccccc1. The van der Waals surface area contributed by atoms with Crippen LogP contribution in [-0.4, -0.2) is 19.7 Å². The van der Waals surface area contributed by atoms with E-state index in [1.807, 2.05) is 0 Å². The van der Waals surface area contributed by atoms with Crippen LogP contribution in [0.25, 0.3) is 0 Å². The number of ether oxygens (including phenoxy) is 1. The average Bonchev–Trinajstić information content (AvgIpc) is 2.64. The van der Waals surface area contributed by atoms with Crippen LogP contribution in [0.15, 0.2) is 48.5 Å². The Hall–Kier alpha value is -1.80. The van der Waals surface area contributed by atoms with Crippen LogP contribution in [-0.2, 0) is 18.3 Å². The lowest BCUT2D eigenvalue weighted by atomic mass is 9.57. The summed E-state index contributed by atoms with van der Waals surface area (Å²) in [6.07, 6.45) is 6.27. The first kappa shape index (κ1) is 16.7. The summed E-state index contributed by atoms with van der Waals surface area (Å²) in [5, 5.41) is 3.95. The van der Waals surface area contributed by atoms with Gasteiger partial charge in [-0.15, -0.1) is 0 Å². The van der Waals surface area contributed by atoms with Gasteiger partial charge in [-0.05, 0) is 67.0 Å². The van der Waals surface area contributed by atoms with Crippen molar-refractivity contribution in [2.75, 3.05) is 13.7 Å². The lowest BCUT2D eigenvalue weighted by Crippen LogP contribution is -2.57. The van der Waals surface area contributed by atoms with Crippen molar-refractivity contribution in [1.29, 1.82) is 0 Å². The number of benzene rings is 2. The predicted octanol–water partition coefficient (Wildman–Crippen LogP) is 4.51. The zero-order chi connectivity index (χ0) is 17.3. The lowest BCUT2D eigenvalue weighted by molar-refractivity contribution is 0.141. The van der Waals surface area contributed by atoms with Gasteiger partial charge in [-0.25, -0.2) is 0 Å². The van der Waals surface area contributed by atoms with E-state index >= 15 is 0 Å². The van der Waals surface area contributed by atoms with Gasteiger partial charge < -0.3 is 10.1 Å². The number of methoxy groups -OCH3 is 1. The fourth-order valence-corrected chi connectivity index (χ4v) is 5.18. The molecule has 0 spiro atoms. The Morgan fingerprint density at radius 1 is 1.16 bits per heavy atom. The highest BCUT2D eigenvalue weighted by Crippen LogP contribution is 2.49. The molecular weight excluding hydrogens is 306 g/mol. The summed E-state index contributed by atoms with van der Waals surface area (Å²) in [7, 11) is 1.77. The standard InChI is InChI=1S/C23H29NO/c1-23-13-6-9-19(15-18-10-11-20(25-2)16-21(18)23)22(23)24-14-12-17-7-4-3-5-8-17/h3-5,7-8,10-11,16,19,22,24H,6,9,12-15H2,1-2H3. The fourth-order valence-electron chi connectivity index (χ4n) is 5.18. The van der Waals surface area contributed by atoms with Gasteiger partial charge in [0.25, 0.3) is 0 Å². The number of rotatable bonds is 5. The monoisotopic (exact) mass is 335 g/mol. The van der Waals surface area contributed by atoms with Crippen LogP contribution >= 0.6 is 0 Å². The van der Waals surface area contributed by atoms with E-state index in [1.165, 1.54) is 42.4 Å². The molecule has 0 saturated heterocycles. The van der Waals surface area contributed by atoms with Gasteiger partial charge in [0, 0.05) is 11.5 Å². The molecular formula is C23H29NO. The van der Waals surface area contributed by atoms with Gasteiger partial charge >= 0.3 is 0 Å². The van der Waals surface area contributed by atoms with Gasteiger partial charge in [-0.1, -0.05) is 49.7 Å². The second-order valence-electron chi connectivity index (χ2n) is 7.96. The Kier molecular flexibility index (Phi) is 4.56. The van der Waals surface area contributed by atoms with E-state index in [1.54, 1.807) is 7.11 Å². The van der Waals surface area contributed by atoms with Crippen molar-refractivity contribution in [3.05, 3.63) is 65.2 Å². The molecule has 0 aliphatic heterocycles. The topological polar surface area (TPSA) is 21.3 Å². The minimum absolute atomic E-state index is 0.224. The molecule has 3 unspecified atom stereocenters. The van der Waals surface area contributed by atoms with E-state index in [9.17, 15) is 0 Å². The van der Waals surface area contributed by atoms with E-state index in [2.05, 4.69) is 60.8 Å². The summed E-state index contributed by atoms with van der Waals surface area (Å²) in [6, 6.07) is 18.1. The Morgan fingerprint density at radius 2 is 2.00 bits per heavy atom. The van der Waals surface area contributed by atoms with Gasteiger partial charge in [-0.3, -0.25) is 0 Å². The van der Waals surface area contributed by atoms with Crippen molar-refractivity contribution in [2.24, 2.45) is 5.92 Å². The molecule has 2 heteroatoms. The predicted molar refractivity (Wildman–Crippen MR) is 103 cm³/mol. The van der Waals surface area contributed by atoms with E-state index in [4.69, 9.17) is 4.74 Å². The Bertz CT molecular complexity index is 726. The molecule has 25 heavy (non-hydrogen) atoms. The van der Waals surface area contributed by atoms with Gasteiger partial charge in [0.05, 0.1) is 7.11 Å². The normalized spacial score (nSPS) is 27.6. The van der Waals surface area contributed by atoms with Crippen molar-refractivity contribution in [3.63, 3.8) is 0 Å². The second kappa shape index (κ2) is 6.84. The first-order valence-corrected chi connectivity index (χ1v) is 9.65. The molecule has 1 fully saturated rings. The molecule has 2 nitrogen and oxygen atoms in total. The molecule has 2 aromatic carbocycles. The maximum absolute atomic E-state index is 5.52. The molecule has 4 rings (SSSR count). The second-order valence-corrected chi connectivity index (χ2v) is 7.96. The van der Waals surface area contributed by atoms with Crippen LogP contribution in [0.1, 0.15) is 42.9 Å². The summed E-state index contributed by atoms with van der Waals surface area (Å²) in [6.45, 7) is 3.52. The van der Waals surface area contributed by atoms with Crippen molar-refractivity contribution < 1.29 is 4.74 Å². The summed E-state index contributed by atoms with van der Waals surface area (Å²) in [5.74, 6) is 1.75. The third kappa shape index (κ3) is 3.08. The summed E-state index contributed by atoms with van der Waals surface area (Å²) in [5.41, 5.74) is 4.69. The number of hydrogen-bond donors (Lipinski definition) is 1. The Morgan fingerprint density at radius 3 is 2.80 bits per heavy atom. The van der Waals surface area contributed by atoms with Gasteiger partial charge in [0.1, 0.15) is 5.75 Å². The molecule has 0 radical (unpaired) electrons. The molecule has 2 aliphatic carbocycles. The largest absolute Gasteiger partial charge is 0.497 e. The summed E-state index contributed by atoms with van der Waals surface area (Å²) >= 11 is 0. The Labute approximate surface area is 151 Å². The van der Waals surface area contributed by atoms with E-state index < -0.39 is 0 Å². The van der Waals surface area contributed by atoms with Crippen LogP contribution in [0.3, 0.4) is 0 Å². The third-order valence-electron chi connectivity index (χ3n) is 6.46. The van der Waals surface area contributed by atoms with E-state index in [0.717, 1.165) is 24.6 Å². The van der Waals surface area contributed by atoms with Crippen molar-refractivity contribution in [2.45, 2.75) is 50.5 Å². The van der Waals surface area contributed by atoms with Gasteiger partial charge in [-0.2, -0.15) is 0 Å². The van der Waals surface area contributed by atoms with E-state index in [-0.39, 0.29) is 5.41 Å². The van der Waals surface area contributed by atoms with Crippen LogP contribution in [0.5, 0.6) is 5.75 Å². The zero-order valence-corrected chi connectivity index (χ0v) is 15.4. The molecule has 2 bridgehead atoms. The number of nitrogens with one attached hydrogen (secondary N) is 1. The molecule has 2 aliphatic rings. The smallest absolute Gasteiger partial charge is 0.119 e. The average molecular weight is 335 g/mol. The van der Waals surface area contributed by atoms with Crippen molar-refractivity contribution >= 4 is 0 Å². The van der Waals surface area contributed by atoms with Crippen LogP contribution in [0.4, 0.5) is 0 Å². The highest BCUT2D eigenvalue weighted by Gasteiger charge is 2.47. The molecule has 2 aromatic rings. The first-order chi connectivity index (χ1) is 12.2. The summed E-state index contributed by atoms with van der Waals surface area (Å²) < 4.78 is 5.52. The summed E-state index contributed by atoms with van der Waals surface area (Å²) in [4.78, 5) is 0. The highest BCUT2D eigenvalue weighted by atomic mass is 16.5. The molecule has 0 amide bonds. The minimum atomic E-state index is 0.224. The fraction of sp³-hybridized carbons (Fsp3) is 0.478. The molecule has 0 aromatic heterocycles. The molecule has 132 valence electrons. The number of fused-ring (bicyclic) bond motifs is 4. The van der Waals surface area contributed by atoms with Gasteiger partial charge in [0.15, 0.2) is 0 Å². The maximum Gasteiger partial charge on any atom is 0.119 e. The van der Waals surface area contributed by atoms with Crippen LogP contribution in [0.2, 0.25) is 0 Å². The van der Waals surface area contributed by atoms with Crippen LogP contribution < -0.4 is 10.1 Å². The lowest BCUT2D eigenvalue weighted by Gasteiger charge is -2.51. The maximum atomic E-state index is 5.52. The van der Waals surface area contributed by atoms with Crippen molar-refractivity contribution in [3.8, 4) is 5.75 Å². The highest BCUT2D eigenvalue weighted by molar-refractivity contribution is 5.45. The van der Waals surface area contributed by atoms with E-state index in [0.29, 0.717) is 6.04 Å². The van der Waals surface area contributed by atoms with Gasteiger partial charge in [0.2, 0.25) is 0 Å². The Balaban J connectivity index is 1.55. The molecule has 1 saturated carbocycles. The first-order valence-electron chi connectivity index (χ1n) is 9.65. The van der Waals surface area contributed by atoms with Crippen LogP contribution in [0, 0.1) is 5.92 Å². The number of hydrogen-bond acceptors (Lipinski definition) is 2.